The Labute approximate surface area is 134 Å². The van der Waals surface area contributed by atoms with E-state index in [1.165, 1.54) is 29.3 Å². The molecule has 4 atom stereocenters. The molecule has 1 aromatic rings. The second-order valence-corrected chi connectivity index (χ2v) is 7.53. The number of likely N-dealkylation sites (tertiary alicyclic amines) is 1. The third-order valence-corrected chi connectivity index (χ3v) is 6.36. The molecule has 4 heteroatoms. The van der Waals surface area contributed by atoms with Gasteiger partial charge in [0.05, 0.1) is 6.04 Å². The smallest absolute Gasteiger partial charge is 0.110 e. The maximum atomic E-state index is 4.65. The van der Waals surface area contributed by atoms with Gasteiger partial charge in [0, 0.05) is 29.7 Å². The Bertz CT molecular complexity index is 431. The molecule has 2 heterocycles. The second-order valence-electron chi connectivity index (χ2n) is 6.38. The Morgan fingerprint density at radius 2 is 2.19 bits per heavy atom. The molecular formula is C17H31N3S. The van der Waals surface area contributed by atoms with E-state index < -0.39 is 0 Å². The Balaban J connectivity index is 2.01. The molecule has 1 aliphatic rings. The number of aromatic nitrogens is 1. The van der Waals surface area contributed by atoms with E-state index >= 15 is 0 Å². The van der Waals surface area contributed by atoms with Crippen LogP contribution in [0.4, 0.5) is 0 Å². The molecule has 0 spiro atoms. The monoisotopic (exact) mass is 309 g/mol. The van der Waals surface area contributed by atoms with Crippen LogP contribution in [-0.4, -0.2) is 35.1 Å². The molecular weight excluding hydrogens is 278 g/mol. The van der Waals surface area contributed by atoms with Crippen molar-refractivity contribution in [1.29, 1.82) is 0 Å². The quantitative estimate of drug-likeness (QED) is 0.865. The van der Waals surface area contributed by atoms with Crippen molar-refractivity contribution < 1.29 is 0 Å². The Kier molecular flexibility index (Phi) is 6.20. The molecule has 0 aromatic carbocycles. The number of aryl methyl sites for hydroxylation is 1. The van der Waals surface area contributed by atoms with E-state index in [1.54, 1.807) is 0 Å². The first kappa shape index (κ1) is 16.9. The van der Waals surface area contributed by atoms with Gasteiger partial charge in [0.25, 0.3) is 0 Å². The van der Waals surface area contributed by atoms with E-state index in [0.29, 0.717) is 24.0 Å². The predicted molar refractivity (Wildman–Crippen MR) is 91.9 cm³/mol. The van der Waals surface area contributed by atoms with Crippen LogP contribution in [-0.2, 0) is 6.42 Å². The summed E-state index contributed by atoms with van der Waals surface area (Å²) >= 11 is 1.88. The zero-order chi connectivity index (χ0) is 15.4. The molecule has 21 heavy (non-hydrogen) atoms. The average molecular weight is 310 g/mol. The number of thiazole rings is 1. The molecule has 1 saturated heterocycles. The summed E-state index contributed by atoms with van der Waals surface area (Å²) in [6.07, 6.45) is 5.62. The molecule has 1 aromatic heterocycles. The fourth-order valence-electron chi connectivity index (χ4n) is 3.38. The third-order valence-electron chi connectivity index (χ3n) is 5.05. The van der Waals surface area contributed by atoms with Crippen molar-refractivity contribution >= 4 is 11.3 Å². The van der Waals surface area contributed by atoms with Crippen molar-refractivity contribution in [3.8, 4) is 0 Å². The summed E-state index contributed by atoms with van der Waals surface area (Å²) < 4.78 is 0. The lowest BCUT2D eigenvalue weighted by Crippen LogP contribution is -2.53. The molecule has 3 nitrogen and oxygen atoms in total. The van der Waals surface area contributed by atoms with Crippen LogP contribution >= 0.6 is 11.3 Å². The van der Waals surface area contributed by atoms with Crippen molar-refractivity contribution in [2.45, 2.75) is 72.0 Å². The third kappa shape index (κ3) is 3.85. The number of piperidine rings is 1. The van der Waals surface area contributed by atoms with Crippen LogP contribution in [0.15, 0.2) is 6.20 Å². The molecule has 0 saturated carbocycles. The van der Waals surface area contributed by atoms with Gasteiger partial charge in [0.15, 0.2) is 0 Å². The van der Waals surface area contributed by atoms with Crippen molar-refractivity contribution in [2.24, 2.45) is 5.92 Å². The normalized spacial score (nSPS) is 28.7. The summed E-state index contributed by atoms with van der Waals surface area (Å²) in [6.45, 7) is 13.9. The minimum Gasteiger partial charge on any atom is -0.314 e. The van der Waals surface area contributed by atoms with E-state index in [-0.39, 0.29) is 0 Å². The van der Waals surface area contributed by atoms with Crippen molar-refractivity contribution in [1.82, 2.24) is 15.2 Å². The van der Waals surface area contributed by atoms with Crippen LogP contribution in [0.25, 0.3) is 0 Å². The first-order chi connectivity index (χ1) is 10.1. The van der Waals surface area contributed by atoms with Crippen LogP contribution in [0, 0.1) is 5.92 Å². The fourth-order valence-corrected chi connectivity index (χ4v) is 4.31. The van der Waals surface area contributed by atoms with Crippen molar-refractivity contribution in [2.75, 3.05) is 13.1 Å². The SMILES string of the molecule is CCCNC1CCN(C(C)c2ncc(CC)s2)C(C)C1C. The zero-order valence-electron chi connectivity index (χ0n) is 14.2. The highest BCUT2D eigenvalue weighted by molar-refractivity contribution is 7.11. The summed E-state index contributed by atoms with van der Waals surface area (Å²) in [5.74, 6) is 0.693. The van der Waals surface area contributed by atoms with Crippen LogP contribution < -0.4 is 5.32 Å². The molecule has 0 aliphatic carbocycles. The standard InChI is InChI=1S/C17H31N3S/c1-6-9-18-16-8-10-20(13(4)12(16)3)14(5)17-19-11-15(7-2)21-17/h11-14,16,18H,6-10H2,1-5H3. The lowest BCUT2D eigenvalue weighted by molar-refractivity contribution is 0.0524. The summed E-state index contributed by atoms with van der Waals surface area (Å²) in [5.41, 5.74) is 0. The van der Waals surface area contributed by atoms with Crippen molar-refractivity contribution in [3.05, 3.63) is 16.1 Å². The van der Waals surface area contributed by atoms with Gasteiger partial charge in [-0.1, -0.05) is 20.8 Å². The van der Waals surface area contributed by atoms with Crippen LogP contribution in [0.1, 0.15) is 63.4 Å². The minimum atomic E-state index is 0.444. The van der Waals surface area contributed by atoms with Gasteiger partial charge in [-0.3, -0.25) is 4.90 Å². The van der Waals surface area contributed by atoms with Crippen LogP contribution in [0.2, 0.25) is 0 Å². The van der Waals surface area contributed by atoms with Gasteiger partial charge < -0.3 is 5.32 Å². The van der Waals surface area contributed by atoms with Gasteiger partial charge >= 0.3 is 0 Å². The molecule has 1 N–H and O–H groups in total. The van der Waals surface area contributed by atoms with E-state index in [0.717, 1.165) is 13.0 Å². The van der Waals surface area contributed by atoms with Gasteiger partial charge in [0.2, 0.25) is 0 Å². The molecule has 0 bridgehead atoms. The van der Waals surface area contributed by atoms with Gasteiger partial charge in [0.1, 0.15) is 5.01 Å². The van der Waals surface area contributed by atoms with Gasteiger partial charge in [-0.05, 0) is 45.6 Å². The zero-order valence-corrected chi connectivity index (χ0v) is 15.0. The summed E-state index contributed by atoms with van der Waals surface area (Å²) in [4.78, 5) is 8.70. The highest BCUT2D eigenvalue weighted by Crippen LogP contribution is 2.33. The molecule has 1 aliphatic heterocycles. The Morgan fingerprint density at radius 3 is 2.81 bits per heavy atom. The first-order valence-electron chi connectivity index (χ1n) is 8.52. The topological polar surface area (TPSA) is 28.2 Å². The first-order valence-corrected chi connectivity index (χ1v) is 9.33. The number of hydrogen-bond acceptors (Lipinski definition) is 4. The lowest BCUT2D eigenvalue weighted by Gasteiger charge is -2.45. The van der Waals surface area contributed by atoms with Gasteiger partial charge in [-0.25, -0.2) is 4.98 Å². The number of rotatable bonds is 6. The number of nitrogens with one attached hydrogen (secondary N) is 1. The number of nitrogens with zero attached hydrogens (tertiary/aromatic N) is 2. The van der Waals surface area contributed by atoms with Gasteiger partial charge in [-0.15, -0.1) is 11.3 Å². The van der Waals surface area contributed by atoms with Gasteiger partial charge in [-0.2, -0.15) is 0 Å². The van der Waals surface area contributed by atoms with E-state index in [2.05, 4.69) is 56.0 Å². The Morgan fingerprint density at radius 1 is 1.43 bits per heavy atom. The molecule has 0 amide bonds. The summed E-state index contributed by atoms with van der Waals surface area (Å²) in [7, 11) is 0. The fraction of sp³-hybridized carbons (Fsp3) is 0.824. The summed E-state index contributed by atoms with van der Waals surface area (Å²) in [5, 5.41) is 5.01. The highest BCUT2D eigenvalue weighted by Gasteiger charge is 2.35. The maximum Gasteiger partial charge on any atom is 0.110 e. The average Bonchev–Trinajstić information content (AvgIpc) is 2.97. The lowest BCUT2D eigenvalue weighted by atomic mass is 9.86. The van der Waals surface area contributed by atoms with Crippen molar-refractivity contribution in [3.63, 3.8) is 0 Å². The molecule has 0 radical (unpaired) electrons. The van der Waals surface area contributed by atoms with E-state index in [1.807, 2.05) is 11.3 Å². The largest absolute Gasteiger partial charge is 0.314 e. The maximum absolute atomic E-state index is 4.65. The van der Waals surface area contributed by atoms with E-state index in [4.69, 9.17) is 0 Å². The molecule has 120 valence electrons. The molecule has 4 unspecified atom stereocenters. The number of hydrogen-bond donors (Lipinski definition) is 1. The highest BCUT2D eigenvalue weighted by atomic mass is 32.1. The Hall–Kier alpha value is -0.450. The summed E-state index contributed by atoms with van der Waals surface area (Å²) in [6, 6.07) is 1.72. The van der Waals surface area contributed by atoms with E-state index in [9.17, 15) is 0 Å². The minimum absolute atomic E-state index is 0.444. The second kappa shape index (κ2) is 7.70. The molecule has 1 fully saturated rings. The van der Waals surface area contributed by atoms with Crippen LogP contribution in [0.3, 0.4) is 0 Å². The van der Waals surface area contributed by atoms with Crippen LogP contribution in [0.5, 0.6) is 0 Å². The predicted octanol–water partition coefficient (Wildman–Crippen LogP) is 3.87. The molecule has 2 rings (SSSR count).